The molecule has 0 saturated heterocycles. The molecule has 0 aromatic carbocycles. The summed E-state index contributed by atoms with van der Waals surface area (Å²) in [5.41, 5.74) is 0. The molecule has 0 aliphatic carbocycles. The Morgan fingerprint density at radius 3 is 2.50 bits per heavy atom. The minimum absolute atomic E-state index is 0.117. The van der Waals surface area contributed by atoms with Crippen LogP contribution in [0.15, 0.2) is 12.2 Å². The van der Waals surface area contributed by atoms with E-state index in [2.05, 4.69) is 0 Å². The highest BCUT2D eigenvalue weighted by Crippen LogP contribution is 2.07. The van der Waals surface area contributed by atoms with E-state index < -0.39 is 0 Å². The van der Waals surface area contributed by atoms with E-state index in [4.69, 9.17) is 14.2 Å². The summed E-state index contributed by atoms with van der Waals surface area (Å²) in [5.74, 6) is -0.269. The van der Waals surface area contributed by atoms with E-state index in [1.165, 1.54) is 6.08 Å². The smallest absolute Gasteiger partial charge is 0.330 e. The van der Waals surface area contributed by atoms with E-state index in [0.717, 1.165) is 25.7 Å². The maximum atomic E-state index is 10.9. The molecule has 0 spiro atoms. The molecule has 0 N–H and O–H groups in total. The Hall–Kier alpha value is -0.870. The predicted molar refractivity (Wildman–Crippen MR) is 62.0 cm³/mol. The lowest BCUT2D eigenvalue weighted by atomic mass is 10.2. The second kappa shape index (κ2) is 10.6. The summed E-state index contributed by atoms with van der Waals surface area (Å²) in [4.78, 5) is 10.9. The molecule has 0 radical (unpaired) electrons. The maximum absolute atomic E-state index is 10.9. The van der Waals surface area contributed by atoms with Crippen molar-refractivity contribution in [2.75, 3.05) is 20.8 Å². The Balaban J connectivity index is 3.42. The molecular formula is C12H22O4. The number of hydrogen-bond donors (Lipinski definition) is 0. The van der Waals surface area contributed by atoms with Gasteiger partial charge in [0.05, 0.1) is 6.61 Å². The van der Waals surface area contributed by atoms with Gasteiger partial charge in [-0.1, -0.05) is 6.08 Å². The van der Waals surface area contributed by atoms with Crippen LogP contribution < -0.4 is 0 Å². The van der Waals surface area contributed by atoms with Crippen molar-refractivity contribution in [2.24, 2.45) is 0 Å². The summed E-state index contributed by atoms with van der Waals surface area (Å²) in [7, 11) is 3.27. The molecule has 0 heterocycles. The van der Waals surface area contributed by atoms with Crippen molar-refractivity contribution in [2.45, 2.75) is 38.9 Å². The fourth-order valence-corrected chi connectivity index (χ4v) is 1.28. The van der Waals surface area contributed by atoms with Crippen LogP contribution in [-0.2, 0) is 19.0 Å². The minimum atomic E-state index is -0.269. The molecule has 0 atom stereocenters. The molecule has 0 unspecified atom stereocenters. The number of unbranched alkanes of at least 4 members (excludes halogenated alkanes) is 2. The van der Waals surface area contributed by atoms with Gasteiger partial charge in [-0.3, -0.25) is 0 Å². The van der Waals surface area contributed by atoms with Gasteiger partial charge in [0.1, 0.15) is 0 Å². The molecule has 94 valence electrons. The molecule has 0 aliphatic heterocycles. The number of carbonyl (C=O) groups is 1. The molecule has 0 aliphatic rings. The molecule has 0 bridgehead atoms. The van der Waals surface area contributed by atoms with Gasteiger partial charge < -0.3 is 14.2 Å². The number of rotatable bonds is 9. The topological polar surface area (TPSA) is 44.8 Å². The first-order valence-electron chi connectivity index (χ1n) is 5.63. The Bertz CT molecular complexity index is 197. The Kier molecular flexibility index (Phi) is 10.1. The van der Waals surface area contributed by atoms with Gasteiger partial charge in [-0.25, -0.2) is 4.79 Å². The van der Waals surface area contributed by atoms with E-state index in [1.54, 1.807) is 21.1 Å². The number of esters is 1. The van der Waals surface area contributed by atoms with Crippen LogP contribution in [0.25, 0.3) is 0 Å². The van der Waals surface area contributed by atoms with E-state index in [0.29, 0.717) is 6.61 Å². The van der Waals surface area contributed by atoms with Gasteiger partial charge in [-0.15, -0.1) is 0 Å². The Morgan fingerprint density at radius 1 is 1.25 bits per heavy atom. The zero-order valence-corrected chi connectivity index (χ0v) is 10.4. The summed E-state index contributed by atoms with van der Waals surface area (Å²) in [5, 5.41) is 0. The molecule has 4 heteroatoms. The first kappa shape index (κ1) is 15.1. The fraction of sp³-hybridized carbons (Fsp3) is 0.750. The molecule has 16 heavy (non-hydrogen) atoms. The highest BCUT2D eigenvalue weighted by molar-refractivity contribution is 5.81. The van der Waals surface area contributed by atoms with Crippen LogP contribution in [0.5, 0.6) is 0 Å². The molecule has 0 saturated carbocycles. The third-order valence-electron chi connectivity index (χ3n) is 2.13. The quantitative estimate of drug-likeness (QED) is 0.264. The third-order valence-corrected chi connectivity index (χ3v) is 2.13. The van der Waals surface area contributed by atoms with E-state index in [-0.39, 0.29) is 12.3 Å². The van der Waals surface area contributed by atoms with Crippen molar-refractivity contribution >= 4 is 5.97 Å². The SMILES string of the molecule is CCOC(=O)/C=C/CCCCC(OC)OC. The van der Waals surface area contributed by atoms with Gasteiger partial charge in [-0.05, 0) is 32.6 Å². The average Bonchev–Trinajstić information content (AvgIpc) is 2.29. The Morgan fingerprint density at radius 2 is 1.94 bits per heavy atom. The van der Waals surface area contributed by atoms with Gasteiger partial charge in [0.25, 0.3) is 0 Å². The van der Waals surface area contributed by atoms with Crippen LogP contribution in [0.2, 0.25) is 0 Å². The molecule has 4 nitrogen and oxygen atoms in total. The number of hydrogen-bond acceptors (Lipinski definition) is 4. The van der Waals surface area contributed by atoms with Crippen molar-refractivity contribution in [3.05, 3.63) is 12.2 Å². The number of carbonyl (C=O) groups excluding carboxylic acids is 1. The molecule has 0 aromatic heterocycles. The second-order valence-corrected chi connectivity index (χ2v) is 3.34. The van der Waals surface area contributed by atoms with E-state index in [9.17, 15) is 4.79 Å². The summed E-state index contributed by atoms with van der Waals surface area (Å²) >= 11 is 0. The molecule has 0 aromatic rings. The van der Waals surface area contributed by atoms with Crippen LogP contribution in [0.1, 0.15) is 32.6 Å². The number of methoxy groups -OCH3 is 2. The lowest BCUT2D eigenvalue weighted by molar-refractivity contribution is -0.137. The molecule has 0 rings (SSSR count). The molecular weight excluding hydrogens is 208 g/mol. The standard InChI is InChI=1S/C12H22O4/c1-4-16-11(13)9-7-5-6-8-10-12(14-2)15-3/h7,9,12H,4-6,8,10H2,1-3H3/b9-7+. The minimum Gasteiger partial charge on any atom is -0.463 e. The van der Waals surface area contributed by atoms with E-state index >= 15 is 0 Å². The van der Waals surface area contributed by atoms with E-state index in [1.807, 2.05) is 6.08 Å². The maximum Gasteiger partial charge on any atom is 0.330 e. The second-order valence-electron chi connectivity index (χ2n) is 3.34. The number of allylic oxidation sites excluding steroid dienone is 1. The lowest BCUT2D eigenvalue weighted by Crippen LogP contribution is -2.12. The van der Waals surface area contributed by atoms with Crippen molar-refractivity contribution in [1.29, 1.82) is 0 Å². The normalized spacial score (nSPS) is 11.2. The summed E-state index contributed by atoms with van der Waals surface area (Å²) < 4.78 is 14.9. The van der Waals surface area contributed by atoms with Crippen LogP contribution >= 0.6 is 0 Å². The average molecular weight is 230 g/mol. The van der Waals surface area contributed by atoms with Gasteiger partial charge in [0.2, 0.25) is 0 Å². The fourth-order valence-electron chi connectivity index (χ4n) is 1.28. The first-order chi connectivity index (χ1) is 7.74. The van der Waals surface area contributed by atoms with Crippen LogP contribution in [0.4, 0.5) is 0 Å². The van der Waals surface area contributed by atoms with Crippen LogP contribution in [-0.4, -0.2) is 33.1 Å². The van der Waals surface area contributed by atoms with Crippen molar-refractivity contribution in [1.82, 2.24) is 0 Å². The third kappa shape index (κ3) is 8.44. The van der Waals surface area contributed by atoms with Gasteiger partial charge in [0.15, 0.2) is 6.29 Å². The predicted octanol–water partition coefficient (Wildman–Crippen LogP) is 2.29. The van der Waals surface area contributed by atoms with Gasteiger partial charge >= 0.3 is 5.97 Å². The summed E-state index contributed by atoms with van der Waals surface area (Å²) in [6.45, 7) is 2.22. The van der Waals surface area contributed by atoms with Crippen LogP contribution in [0.3, 0.4) is 0 Å². The summed E-state index contributed by atoms with van der Waals surface area (Å²) in [6.07, 6.45) is 6.98. The van der Waals surface area contributed by atoms with Gasteiger partial charge in [-0.2, -0.15) is 0 Å². The van der Waals surface area contributed by atoms with Gasteiger partial charge in [0, 0.05) is 20.3 Å². The highest BCUT2D eigenvalue weighted by atomic mass is 16.7. The zero-order valence-electron chi connectivity index (χ0n) is 10.4. The number of ether oxygens (including phenoxy) is 3. The first-order valence-corrected chi connectivity index (χ1v) is 5.63. The Labute approximate surface area is 97.6 Å². The highest BCUT2D eigenvalue weighted by Gasteiger charge is 2.02. The molecule has 0 amide bonds. The van der Waals surface area contributed by atoms with Crippen molar-refractivity contribution in [3.63, 3.8) is 0 Å². The zero-order chi connectivity index (χ0) is 12.2. The molecule has 0 fully saturated rings. The van der Waals surface area contributed by atoms with Crippen molar-refractivity contribution < 1.29 is 19.0 Å². The summed E-state index contributed by atoms with van der Waals surface area (Å²) in [6, 6.07) is 0. The lowest BCUT2D eigenvalue weighted by Gasteiger charge is -2.11. The van der Waals surface area contributed by atoms with Crippen molar-refractivity contribution in [3.8, 4) is 0 Å². The largest absolute Gasteiger partial charge is 0.463 e. The monoisotopic (exact) mass is 230 g/mol. The van der Waals surface area contributed by atoms with Crippen LogP contribution in [0, 0.1) is 0 Å².